The molecule has 2 aromatic rings. The summed E-state index contributed by atoms with van der Waals surface area (Å²) in [6, 6.07) is 7.75. The average molecular weight is 306 g/mol. The summed E-state index contributed by atoms with van der Waals surface area (Å²) in [7, 11) is 1.50. The standard InChI is InChI=1S/C16H19FN2O3/c1-10-7-11(3-4-12(10)17)15-13(22-2)5-6-14(19-15)16(21,8-18)9-20/h3-7,20-21H,8-9,18H2,1-2H3. The molecular formula is C16H19FN2O3. The normalized spacial score (nSPS) is 13.7. The van der Waals surface area contributed by atoms with Crippen molar-refractivity contribution in [3.05, 3.63) is 47.4 Å². The number of nitrogens with zero attached hydrogens (tertiary/aromatic N) is 1. The number of methoxy groups -OCH3 is 1. The first kappa shape index (κ1) is 16.4. The van der Waals surface area contributed by atoms with Gasteiger partial charge in [0.1, 0.15) is 22.9 Å². The number of ether oxygens (including phenoxy) is 1. The molecule has 0 aliphatic heterocycles. The van der Waals surface area contributed by atoms with E-state index < -0.39 is 12.2 Å². The zero-order valence-corrected chi connectivity index (χ0v) is 12.5. The Morgan fingerprint density at radius 3 is 2.59 bits per heavy atom. The third-order valence-electron chi connectivity index (χ3n) is 3.59. The number of halogens is 1. The lowest BCUT2D eigenvalue weighted by atomic mass is 9.98. The number of rotatable bonds is 5. The number of nitrogens with two attached hydrogens (primary N) is 1. The zero-order valence-electron chi connectivity index (χ0n) is 12.5. The minimum absolute atomic E-state index is 0.176. The molecule has 6 heteroatoms. The molecule has 0 saturated heterocycles. The van der Waals surface area contributed by atoms with Crippen molar-refractivity contribution in [2.45, 2.75) is 12.5 Å². The van der Waals surface area contributed by atoms with Crippen LogP contribution < -0.4 is 10.5 Å². The average Bonchev–Trinajstić information content (AvgIpc) is 2.56. The number of hydrogen-bond acceptors (Lipinski definition) is 5. The predicted octanol–water partition coefficient (Wildman–Crippen LogP) is 1.34. The van der Waals surface area contributed by atoms with Crippen LogP contribution in [0.4, 0.5) is 4.39 Å². The molecule has 2 rings (SSSR count). The first-order valence-electron chi connectivity index (χ1n) is 6.80. The first-order valence-corrected chi connectivity index (χ1v) is 6.80. The number of benzene rings is 1. The van der Waals surface area contributed by atoms with Crippen LogP contribution in [0.1, 0.15) is 11.3 Å². The van der Waals surface area contributed by atoms with Crippen molar-refractivity contribution in [3.63, 3.8) is 0 Å². The molecule has 1 heterocycles. The van der Waals surface area contributed by atoms with Gasteiger partial charge in [-0.1, -0.05) is 0 Å². The van der Waals surface area contributed by atoms with Gasteiger partial charge in [0, 0.05) is 12.1 Å². The SMILES string of the molecule is COc1ccc(C(O)(CN)CO)nc1-c1ccc(F)c(C)c1. The maximum Gasteiger partial charge on any atom is 0.145 e. The van der Waals surface area contributed by atoms with E-state index in [1.165, 1.54) is 13.2 Å². The number of aromatic nitrogens is 1. The van der Waals surface area contributed by atoms with E-state index in [2.05, 4.69) is 4.98 Å². The molecule has 0 aliphatic carbocycles. The molecule has 0 spiro atoms. The summed E-state index contributed by atoms with van der Waals surface area (Å²) < 4.78 is 18.7. The van der Waals surface area contributed by atoms with Gasteiger partial charge in [-0.05, 0) is 42.8 Å². The van der Waals surface area contributed by atoms with Crippen LogP contribution >= 0.6 is 0 Å². The fraction of sp³-hybridized carbons (Fsp3) is 0.312. The zero-order chi connectivity index (χ0) is 16.3. The van der Waals surface area contributed by atoms with E-state index in [1.807, 2.05) is 0 Å². The quantitative estimate of drug-likeness (QED) is 0.776. The van der Waals surface area contributed by atoms with Crippen molar-refractivity contribution in [2.75, 3.05) is 20.3 Å². The number of pyridine rings is 1. The minimum atomic E-state index is -1.63. The van der Waals surface area contributed by atoms with Gasteiger partial charge in [-0.25, -0.2) is 9.37 Å². The summed E-state index contributed by atoms with van der Waals surface area (Å²) >= 11 is 0. The topological polar surface area (TPSA) is 88.6 Å². The Labute approximate surface area is 128 Å². The van der Waals surface area contributed by atoms with Gasteiger partial charge < -0.3 is 20.7 Å². The maximum atomic E-state index is 13.4. The van der Waals surface area contributed by atoms with E-state index in [0.29, 0.717) is 22.6 Å². The molecule has 1 aromatic carbocycles. The molecule has 22 heavy (non-hydrogen) atoms. The van der Waals surface area contributed by atoms with E-state index in [-0.39, 0.29) is 18.1 Å². The summed E-state index contributed by atoms with van der Waals surface area (Å²) in [6.45, 7) is 0.925. The van der Waals surface area contributed by atoms with Gasteiger partial charge in [0.15, 0.2) is 0 Å². The van der Waals surface area contributed by atoms with Crippen molar-refractivity contribution in [3.8, 4) is 17.0 Å². The monoisotopic (exact) mass is 306 g/mol. The molecule has 0 aliphatic rings. The van der Waals surface area contributed by atoms with Gasteiger partial charge in [0.25, 0.3) is 0 Å². The molecule has 0 amide bonds. The molecule has 0 saturated carbocycles. The number of aliphatic hydroxyl groups is 2. The van der Waals surface area contributed by atoms with Gasteiger partial charge in [0.2, 0.25) is 0 Å². The van der Waals surface area contributed by atoms with Crippen LogP contribution in [0.5, 0.6) is 5.75 Å². The molecule has 4 N–H and O–H groups in total. The van der Waals surface area contributed by atoms with Gasteiger partial charge in [-0.2, -0.15) is 0 Å². The van der Waals surface area contributed by atoms with Crippen molar-refractivity contribution < 1.29 is 19.3 Å². The van der Waals surface area contributed by atoms with Gasteiger partial charge in [0.05, 0.1) is 19.4 Å². The number of hydrogen-bond donors (Lipinski definition) is 3. The molecule has 5 nitrogen and oxygen atoms in total. The fourth-order valence-electron chi connectivity index (χ4n) is 2.12. The Morgan fingerprint density at radius 1 is 1.32 bits per heavy atom. The van der Waals surface area contributed by atoms with Crippen molar-refractivity contribution in [2.24, 2.45) is 5.73 Å². The van der Waals surface area contributed by atoms with Crippen molar-refractivity contribution in [1.29, 1.82) is 0 Å². The van der Waals surface area contributed by atoms with Crippen molar-refractivity contribution >= 4 is 0 Å². The van der Waals surface area contributed by atoms with E-state index in [9.17, 15) is 14.6 Å². The summed E-state index contributed by atoms with van der Waals surface area (Å²) in [5.41, 5.74) is 5.70. The first-order chi connectivity index (χ1) is 10.4. The van der Waals surface area contributed by atoms with Crippen LogP contribution in [0.25, 0.3) is 11.3 Å². The van der Waals surface area contributed by atoms with E-state index in [1.54, 1.807) is 31.2 Å². The highest BCUT2D eigenvalue weighted by atomic mass is 19.1. The molecule has 0 bridgehead atoms. The van der Waals surface area contributed by atoms with Crippen LogP contribution in [-0.2, 0) is 5.60 Å². The fourth-order valence-corrected chi connectivity index (χ4v) is 2.12. The van der Waals surface area contributed by atoms with Crippen LogP contribution in [0.3, 0.4) is 0 Å². The van der Waals surface area contributed by atoms with Gasteiger partial charge in [-0.3, -0.25) is 0 Å². The molecule has 1 atom stereocenters. The van der Waals surface area contributed by atoms with E-state index in [4.69, 9.17) is 10.5 Å². The van der Waals surface area contributed by atoms with Crippen LogP contribution in [-0.4, -0.2) is 35.5 Å². The third kappa shape index (κ3) is 2.94. The van der Waals surface area contributed by atoms with Gasteiger partial charge in [-0.15, -0.1) is 0 Å². The minimum Gasteiger partial charge on any atom is -0.494 e. The second kappa shape index (κ2) is 6.39. The number of aryl methyl sites for hydroxylation is 1. The summed E-state index contributed by atoms with van der Waals surface area (Å²) in [6.07, 6.45) is 0. The highest BCUT2D eigenvalue weighted by Gasteiger charge is 2.29. The van der Waals surface area contributed by atoms with E-state index in [0.717, 1.165) is 0 Å². The molecule has 1 aromatic heterocycles. The highest BCUT2D eigenvalue weighted by Crippen LogP contribution is 2.31. The maximum absolute atomic E-state index is 13.4. The Morgan fingerprint density at radius 2 is 2.05 bits per heavy atom. The van der Waals surface area contributed by atoms with E-state index >= 15 is 0 Å². The molecule has 118 valence electrons. The smallest absolute Gasteiger partial charge is 0.145 e. The Hall–Kier alpha value is -2.02. The lowest BCUT2D eigenvalue weighted by molar-refractivity contribution is -0.0145. The second-order valence-corrected chi connectivity index (χ2v) is 5.11. The van der Waals surface area contributed by atoms with Crippen molar-refractivity contribution in [1.82, 2.24) is 4.98 Å². The Balaban J connectivity index is 2.60. The Kier molecular flexibility index (Phi) is 4.75. The summed E-state index contributed by atoms with van der Waals surface area (Å²) in [4.78, 5) is 4.36. The lowest BCUT2D eigenvalue weighted by Crippen LogP contribution is -2.39. The number of aliphatic hydroxyl groups excluding tert-OH is 1. The largest absolute Gasteiger partial charge is 0.494 e. The molecule has 0 radical (unpaired) electrons. The summed E-state index contributed by atoms with van der Waals surface area (Å²) in [5.74, 6) is 0.166. The third-order valence-corrected chi connectivity index (χ3v) is 3.59. The second-order valence-electron chi connectivity index (χ2n) is 5.11. The predicted molar refractivity (Wildman–Crippen MR) is 81.0 cm³/mol. The summed E-state index contributed by atoms with van der Waals surface area (Å²) in [5, 5.41) is 19.7. The molecule has 0 fully saturated rings. The van der Waals surface area contributed by atoms with Crippen LogP contribution in [0.15, 0.2) is 30.3 Å². The van der Waals surface area contributed by atoms with Gasteiger partial charge >= 0.3 is 0 Å². The van der Waals surface area contributed by atoms with Crippen LogP contribution in [0, 0.1) is 12.7 Å². The van der Waals surface area contributed by atoms with Crippen LogP contribution in [0.2, 0.25) is 0 Å². The Bertz CT molecular complexity index is 672. The molecule has 1 unspecified atom stereocenters. The lowest BCUT2D eigenvalue weighted by Gasteiger charge is -2.24. The molecular weight excluding hydrogens is 287 g/mol. The highest BCUT2D eigenvalue weighted by molar-refractivity contribution is 5.67.